The minimum Gasteiger partial charge on any atom is -0.207 e. The number of unbranched alkanes of at least 4 members (excludes halogenated alkanes) is 1. The summed E-state index contributed by atoms with van der Waals surface area (Å²) >= 11 is 0. The fourth-order valence-electron chi connectivity index (χ4n) is 5.45. The second kappa shape index (κ2) is 8.93. The van der Waals surface area contributed by atoms with Crippen LogP contribution >= 0.6 is 0 Å². The first-order valence-electron chi connectivity index (χ1n) is 11.3. The van der Waals surface area contributed by atoms with Gasteiger partial charge in [-0.2, -0.15) is 0 Å². The minimum absolute atomic E-state index is 0.0335. The van der Waals surface area contributed by atoms with Gasteiger partial charge < -0.3 is 0 Å². The Morgan fingerprint density at radius 2 is 1.66 bits per heavy atom. The van der Waals surface area contributed by atoms with E-state index in [2.05, 4.69) is 13.0 Å². The summed E-state index contributed by atoms with van der Waals surface area (Å²) in [6, 6.07) is 8.64. The minimum atomic E-state index is -0.790. The Bertz CT molecular complexity index is 849. The van der Waals surface area contributed by atoms with Crippen LogP contribution in [0.15, 0.2) is 30.3 Å². The molecule has 0 amide bonds. The average molecular weight is 401 g/mol. The predicted molar refractivity (Wildman–Crippen MR) is 112 cm³/mol. The van der Waals surface area contributed by atoms with E-state index in [0.717, 1.165) is 35.4 Å². The number of hydrogen-bond acceptors (Lipinski definition) is 0. The van der Waals surface area contributed by atoms with Gasteiger partial charge in [0, 0.05) is 0 Å². The zero-order valence-corrected chi connectivity index (χ0v) is 17.3. The van der Waals surface area contributed by atoms with Crippen LogP contribution in [0.25, 0.3) is 0 Å². The summed E-state index contributed by atoms with van der Waals surface area (Å²) in [5, 5.41) is 0. The van der Waals surface area contributed by atoms with E-state index in [0.29, 0.717) is 30.7 Å². The lowest BCUT2D eigenvalue weighted by Gasteiger charge is -2.30. The van der Waals surface area contributed by atoms with Crippen LogP contribution in [0.2, 0.25) is 0 Å². The molecule has 0 bridgehead atoms. The SMILES string of the molecule is CCCCC1CCC(c2ccc(C3CCc4c(ccc(F)c4F)C3)c(F)c2)CC1. The first-order valence-corrected chi connectivity index (χ1v) is 11.3. The second-order valence-electron chi connectivity index (χ2n) is 9.08. The van der Waals surface area contributed by atoms with Crippen LogP contribution in [-0.4, -0.2) is 0 Å². The van der Waals surface area contributed by atoms with Crippen molar-refractivity contribution in [2.75, 3.05) is 0 Å². The molecule has 1 saturated carbocycles. The van der Waals surface area contributed by atoms with Crippen LogP contribution in [0.3, 0.4) is 0 Å². The number of benzene rings is 2. The van der Waals surface area contributed by atoms with Crippen molar-refractivity contribution in [3.05, 3.63) is 70.0 Å². The summed E-state index contributed by atoms with van der Waals surface area (Å²) in [7, 11) is 0. The monoisotopic (exact) mass is 400 g/mol. The molecule has 29 heavy (non-hydrogen) atoms. The molecule has 0 N–H and O–H groups in total. The Morgan fingerprint density at radius 1 is 0.862 bits per heavy atom. The van der Waals surface area contributed by atoms with Crippen molar-refractivity contribution in [3.8, 4) is 0 Å². The van der Waals surface area contributed by atoms with Crippen molar-refractivity contribution in [3.63, 3.8) is 0 Å². The van der Waals surface area contributed by atoms with Crippen molar-refractivity contribution in [1.82, 2.24) is 0 Å². The summed E-state index contributed by atoms with van der Waals surface area (Å²) in [5.41, 5.74) is 3.14. The fourth-order valence-corrected chi connectivity index (χ4v) is 5.45. The lowest BCUT2D eigenvalue weighted by molar-refractivity contribution is 0.304. The molecule has 2 aliphatic rings. The third-order valence-corrected chi connectivity index (χ3v) is 7.25. The molecule has 0 heterocycles. The third kappa shape index (κ3) is 4.39. The van der Waals surface area contributed by atoms with Crippen molar-refractivity contribution >= 4 is 0 Å². The van der Waals surface area contributed by atoms with Gasteiger partial charge in [0.2, 0.25) is 0 Å². The fraction of sp³-hybridized carbons (Fsp3) is 0.538. The number of rotatable bonds is 5. The van der Waals surface area contributed by atoms with Crippen LogP contribution in [-0.2, 0) is 12.8 Å². The van der Waals surface area contributed by atoms with Crippen molar-refractivity contribution in [1.29, 1.82) is 0 Å². The van der Waals surface area contributed by atoms with Gasteiger partial charge in [-0.1, -0.05) is 44.4 Å². The van der Waals surface area contributed by atoms with E-state index >= 15 is 4.39 Å². The predicted octanol–water partition coefficient (Wildman–Crippen LogP) is 7.84. The molecule has 2 aromatic carbocycles. The smallest absolute Gasteiger partial charge is 0.162 e. The highest BCUT2D eigenvalue weighted by Gasteiger charge is 2.27. The number of fused-ring (bicyclic) bond motifs is 1. The Morgan fingerprint density at radius 3 is 2.38 bits per heavy atom. The normalized spacial score (nSPS) is 24.3. The average Bonchev–Trinajstić information content (AvgIpc) is 2.75. The highest BCUT2D eigenvalue weighted by molar-refractivity contribution is 5.37. The lowest BCUT2D eigenvalue weighted by atomic mass is 9.76. The Hall–Kier alpha value is -1.77. The number of halogens is 3. The largest absolute Gasteiger partial charge is 0.207 e. The molecule has 0 aliphatic heterocycles. The molecule has 0 radical (unpaired) electrons. The van der Waals surface area contributed by atoms with Gasteiger partial charge in [0.1, 0.15) is 5.82 Å². The van der Waals surface area contributed by atoms with Crippen molar-refractivity contribution < 1.29 is 13.2 Å². The van der Waals surface area contributed by atoms with Crippen LogP contribution in [0.4, 0.5) is 13.2 Å². The van der Waals surface area contributed by atoms with Gasteiger partial charge in [-0.15, -0.1) is 0 Å². The van der Waals surface area contributed by atoms with Crippen molar-refractivity contribution in [2.45, 2.75) is 83.0 Å². The van der Waals surface area contributed by atoms with Gasteiger partial charge in [0.15, 0.2) is 11.6 Å². The van der Waals surface area contributed by atoms with Gasteiger partial charge in [-0.25, -0.2) is 13.2 Å². The van der Waals surface area contributed by atoms with E-state index in [-0.39, 0.29) is 11.7 Å². The number of hydrogen-bond donors (Lipinski definition) is 0. The van der Waals surface area contributed by atoms with E-state index in [9.17, 15) is 8.78 Å². The zero-order chi connectivity index (χ0) is 20.4. The van der Waals surface area contributed by atoms with Crippen LogP contribution in [0, 0.1) is 23.4 Å². The highest BCUT2D eigenvalue weighted by Crippen LogP contribution is 2.40. The van der Waals surface area contributed by atoms with Gasteiger partial charge in [0.05, 0.1) is 0 Å². The maximum Gasteiger partial charge on any atom is 0.162 e. The summed E-state index contributed by atoms with van der Waals surface area (Å²) < 4.78 is 42.5. The van der Waals surface area contributed by atoms with E-state index < -0.39 is 11.6 Å². The maximum atomic E-state index is 15.0. The van der Waals surface area contributed by atoms with Gasteiger partial charge in [-0.05, 0) is 97.1 Å². The quantitative estimate of drug-likeness (QED) is 0.479. The molecule has 0 saturated heterocycles. The molecule has 3 heteroatoms. The molecular formula is C26H31F3. The van der Waals surface area contributed by atoms with Crippen LogP contribution in [0.1, 0.15) is 92.4 Å². The molecule has 0 nitrogen and oxygen atoms in total. The second-order valence-corrected chi connectivity index (χ2v) is 9.08. The lowest BCUT2D eigenvalue weighted by Crippen LogP contribution is -2.17. The Kier molecular flexibility index (Phi) is 6.32. The molecule has 4 rings (SSSR count). The molecule has 1 atom stereocenters. The molecule has 1 fully saturated rings. The van der Waals surface area contributed by atoms with E-state index in [1.54, 1.807) is 12.1 Å². The van der Waals surface area contributed by atoms with Crippen LogP contribution < -0.4 is 0 Å². The first-order chi connectivity index (χ1) is 14.1. The Labute approximate surface area is 172 Å². The van der Waals surface area contributed by atoms with Gasteiger partial charge in [0.25, 0.3) is 0 Å². The third-order valence-electron chi connectivity index (χ3n) is 7.25. The molecule has 2 aliphatic carbocycles. The van der Waals surface area contributed by atoms with Gasteiger partial charge >= 0.3 is 0 Å². The molecule has 1 unspecified atom stereocenters. The summed E-state index contributed by atoms with van der Waals surface area (Å²) in [5.74, 6) is -0.297. The Balaban J connectivity index is 1.44. The molecule has 2 aromatic rings. The van der Waals surface area contributed by atoms with E-state index in [4.69, 9.17) is 0 Å². The molecule has 0 aromatic heterocycles. The summed E-state index contributed by atoms with van der Waals surface area (Å²) in [4.78, 5) is 0. The molecule has 0 spiro atoms. The first kappa shape index (κ1) is 20.5. The van der Waals surface area contributed by atoms with Crippen LogP contribution in [0.5, 0.6) is 0 Å². The van der Waals surface area contributed by atoms with Gasteiger partial charge in [-0.3, -0.25) is 0 Å². The summed E-state index contributed by atoms with van der Waals surface area (Å²) in [6.45, 7) is 2.25. The van der Waals surface area contributed by atoms with Crippen molar-refractivity contribution in [2.24, 2.45) is 5.92 Å². The van der Waals surface area contributed by atoms with E-state index in [1.165, 1.54) is 38.2 Å². The maximum absolute atomic E-state index is 15.0. The highest BCUT2D eigenvalue weighted by atomic mass is 19.2. The zero-order valence-electron chi connectivity index (χ0n) is 17.3. The topological polar surface area (TPSA) is 0 Å². The van der Waals surface area contributed by atoms with E-state index in [1.807, 2.05) is 6.07 Å². The molecule has 156 valence electrons. The molecular weight excluding hydrogens is 369 g/mol. The summed E-state index contributed by atoms with van der Waals surface area (Å²) in [6.07, 6.45) is 10.5. The standard InChI is InChI=1S/C26H31F3/c1-2-3-4-17-5-7-18(8-6-17)19-9-12-22(25(28)16-19)20-10-13-23-21(15-20)11-14-24(27)26(23)29/h9,11-12,14,16-18,20H,2-8,10,13,15H2,1H3.